The minimum Gasteiger partial charge on any atom is -0.483 e. The van der Waals surface area contributed by atoms with E-state index in [0.717, 1.165) is 43.1 Å². The van der Waals surface area contributed by atoms with E-state index < -0.39 is 0 Å². The van der Waals surface area contributed by atoms with Crippen molar-refractivity contribution in [2.75, 3.05) is 32.8 Å². The van der Waals surface area contributed by atoms with E-state index in [1.54, 1.807) is 0 Å². The number of hydrogen-bond donors (Lipinski definition) is 1. The van der Waals surface area contributed by atoms with Crippen molar-refractivity contribution < 1.29 is 9.53 Å². The Morgan fingerprint density at radius 2 is 1.95 bits per heavy atom. The molecule has 0 saturated carbocycles. The first kappa shape index (κ1) is 15.8. The van der Waals surface area contributed by atoms with Gasteiger partial charge in [0.2, 0.25) is 0 Å². The van der Waals surface area contributed by atoms with Crippen LogP contribution < -0.4 is 10.1 Å². The van der Waals surface area contributed by atoms with Gasteiger partial charge < -0.3 is 15.0 Å². The zero-order valence-electron chi connectivity index (χ0n) is 13.5. The molecule has 0 aliphatic carbocycles. The molecule has 0 unspecified atom stereocenters. The average molecular weight is 290 g/mol. The Balaban J connectivity index is 2.05. The van der Waals surface area contributed by atoms with Gasteiger partial charge in [0.1, 0.15) is 5.75 Å². The Labute approximate surface area is 127 Å². The second-order valence-electron chi connectivity index (χ2n) is 6.67. The Morgan fingerprint density at radius 3 is 2.57 bits per heavy atom. The summed E-state index contributed by atoms with van der Waals surface area (Å²) in [6, 6.07) is 6.21. The van der Waals surface area contributed by atoms with Crippen LogP contribution in [0.15, 0.2) is 18.2 Å². The summed E-state index contributed by atoms with van der Waals surface area (Å²) in [5.74, 6) is 0.892. The SMILES string of the molecule is Cc1ccc(C(C)(C)C)c(OCC(=O)N2CCNCC2)c1. The smallest absolute Gasteiger partial charge is 0.260 e. The highest BCUT2D eigenvalue weighted by molar-refractivity contribution is 5.78. The van der Waals surface area contributed by atoms with Gasteiger partial charge >= 0.3 is 0 Å². The lowest BCUT2D eigenvalue weighted by molar-refractivity contribution is -0.133. The third-order valence-electron chi connectivity index (χ3n) is 3.77. The minimum absolute atomic E-state index is 0.00112. The van der Waals surface area contributed by atoms with Crippen molar-refractivity contribution in [3.05, 3.63) is 29.3 Å². The van der Waals surface area contributed by atoms with Gasteiger partial charge in [0.15, 0.2) is 6.61 Å². The Hall–Kier alpha value is -1.55. The van der Waals surface area contributed by atoms with Crippen LogP contribution >= 0.6 is 0 Å². The molecule has 0 atom stereocenters. The molecule has 1 fully saturated rings. The summed E-state index contributed by atoms with van der Waals surface area (Å²) >= 11 is 0. The molecule has 1 N–H and O–H groups in total. The first-order valence-electron chi connectivity index (χ1n) is 7.60. The van der Waals surface area contributed by atoms with Crippen LogP contribution in [0.2, 0.25) is 0 Å². The van der Waals surface area contributed by atoms with E-state index in [2.05, 4.69) is 38.2 Å². The fourth-order valence-electron chi connectivity index (χ4n) is 2.51. The zero-order valence-corrected chi connectivity index (χ0v) is 13.5. The summed E-state index contributed by atoms with van der Waals surface area (Å²) in [6.07, 6.45) is 0. The first-order chi connectivity index (χ1) is 9.88. The molecule has 0 radical (unpaired) electrons. The van der Waals surface area contributed by atoms with Crippen molar-refractivity contribution in [3.8, 4) is 5.75 Å². The van der Waals surface area contributed by atoms with E-state index in [9.17, 15) is 4.79 Å². The molecular formula is C17H26N2O2. The first-order valence-corrected chi connectivity index (χ1v) is 7.60. The van der Waals surface area contributed by atoms with Gasteiger partial charge in [-0.3, -0.25) is 4.79 Å². The van der Waals surface area contributed by atoms with Gasteiger partial charge in [-0.15, -0.1) is 0 Å². The molecular weight excluding hydrogens is 264 g/mol. The van der Waals surface area contributed by atoms with E-state index in [-0.39, 0.29) is 17.9 Å². The molecule has 1 aliphatic heterocycles. The van der Waals surface area contributed by atoms with Crippen LogP contribution in [-0.4, -0.2) is 43.6 Å². The van der Waals surface area contributed by atoms with Crippen molar-refractivity contribution in [2.45, 2.75) is 33.1 Å². The van der Waals surface area contributed by atoms with E-state index in [0.29, 0.717) is 0 Å². The number of carbonyl (C=O) groups is 1. The van der Waals surface area contributed by atoms with Crippen LogP contribution in [0.5, 0.6) is 5.75 Å². The maximum atomic E-state index is 12.2. The highest BCUT2D eigenvalue weighted by atomic mass is 16.5. The minimum atomic E-state index is 0.00112. The van der Waals surface area contributed by atoms with Gasteiger partial charge in [0, 0.05) is 26.2 Å². The number of amides is 1. The highest BCUT2D eigenvalue weighted by Crippen LogP contribution is 2.32. The molecule has 1 aliphatic rings. The summed E-state index contributed by atoms with van der Waals surface area (Å²) < 4.78 is 5.85. The lowest BCUT2D eigenvalue weighted by atomic mass is 9.86. The standard InChI is InChI=1S/C17H26N2O2/c1-13-5-6-14(17(2,3)4)15(11-13)21-12-16(20)19-9-7-18-8-10-19/h5-6,11,18H,7-10,12H2,1-4H3. The van der Waals surface area contributed by atoms with Crippen molar-refractivity contribution >= 4 is 5.91 Å². The van der Waals surface area contributed by atoms with Gasteiger partial charge in [-0.05, 0) is 29.5 Å². The number of carbonyl (C=O) groups excluding carboxylic acids is 1. The molecule has 1 amide bonds. The van der Waals surface area contributed by atoms with Crippen LogP contribution in [0.4, 0.5) is 0 Å². The van der Waals surface area contributed by atoms with Crippen LogP contribution in [0.25, 0.3) is 0 Å². The van der Waals surface area contributed by atoms with Crippen molar-refractivity contribution in [2.24, 2.45) is 0 Å². The molecule has 0 aromatic heterocycles. The van der Waals surface area contributed by atoms with Crippen LogP contribution in [0, 0.1) is 6.92 Å². The van der Waals surface area contributed by atoms with Gasteiger partial charge in [0.05, 0.1) is 0 Å². The van der Waals surface area contributed by atoms with Gasteiger partial charge in [-0.25, -0.2) is 0 Å². The maximum Gasteiger partial charge on any atom is 0.260 e. The molecule has 116 valence electrons. The summed E-state index contributed by atoms with van der Waals surface area (Å²) in [7, 11) is 0. The summed E-state index contributed by atoms with van der Waals surface area (Å²) in [5, 5.41) is 3.25. The molecule has 1 heterocycles. The van der Waals surface area contributed by atoms with Gasteiger partial charge in [0.25, 0.3) is 5.91 Å². The van der Waals surface area contributed by atoms with Crippen molar-refractivity contribution in [1.29, 1.82) is 0 Å². The molecule has 21 heavy (non-hydrogen) atoms. The van der Waals surface area contributed by atoms with Crippen LogP contribution in [0.3, 0.4) is 0 Å². The number of rotatable bonds is 3. The van der Waals surface area contributed by atoms with Crippen LogP contribution in [-0.2, 0) is 10.2 Å². The van der Waals surface area contributed by atoms with E-state index in [4.69, 9.17) is 4.74 Å². The molecule has 4 heteroatoms. The predicted octanol–water partition coefficient (Wildman–Crippen LogP) is 2.10. The summed E-state index contributed by atoms with van der Waals surface area (Å²) in [6.45, 7) is 11.9. The third kappa shape index (κ3) is 4.21. The lowest BCUT2D eigenvalue weighted by Gasteiger charge is -2.28. The molecule has 0 bridgehead atoms. The fourth-order valence-corrected chi connectivity index (χ4v) is 2.51. The Morgan fingerprint density at radius 1 is 1.29 bits per heavy atom. The molecule has 2 rings (SSSR count). The topological polar surface area (TPSA) is 41.6 Å². The van der Waals surface area contributed by atoms with Gasteiger partial charge in [-0.1, -0.05) is 32.9 Å². The van der Waals surface area contributed by atoms with Crippen molar-refractivity contribution in [3.63, 3.8) is 0 Å². The highest BCUT2D eigenvalue weighted by Gasteiger charge is 2.21. The molecule has 1 aromatic carbocycles. The number of nitrogens with one attached hydrogen (secondary N) is 1. The average Bonchev–Trinajstić information content (AvgIpc) is 2.44. The predicted molar refractivity (Wildman–Crippen MR) is 84.8 cm³/mol. The lowest BCUT2D eigenvalue weighted by Crippen LogP contribution is -2.48. The third-order valence-corrected chi connectivity index (χ3v) is 3.77. The summed E-state index contributed by atoms with van der Waals surface area (Å²) in [4.78, 5) is 14.1. The summed E-state index contributed by atoms with van der Waals surface area (Å²) in [5.41, 5.74) is 2.29. The largest absolute Gasteiger partial charge is 0.483 e. The quantitative estimate of drug-likeness (QED) is 0.927. The monoisotopic (exact) mass is 290 g/mol. The zero-order chi connectivity index (χ0) is 15.5. The van der Waals surface area contributed by atoms with E-state index in [1.165, 1.54) is 0 Å². The van der Waals surface area contributed by atoms with E-state index in [1.807, 2.05) is 17.9 Å². The number of ether oxygens (including phenoxy) is 1. The molecule has 0 spiro atoms. The Kier molecular flexibility index (Phi) is 4.88. The number of benzene rings is 1. The molecule has 1 aromatic rings. The van der Waals surface area contributed by atoms with Gasteiger partial charge in [-0.2, -0.15) is 0 Å². The second kappa shape index (κ2) is 6.48. The maximum absolute atomic E-state index is 12.2. The number of piperazine rings is 1. The number of nitrogens with zero attached hydrogens (tertiary/aromatic N) is 1. The number of hydrogen-bond acceptors (Lipinski definition) is 3. The van der Waals surface area contributed by atoms with E-state index >= 15 is 0 Å². The normalized spacial score (nSPS) is 15.9. The van der Waals surface area contributed by atoms with Crippen LogP contribution in [0.1, 0.15) is 31.9 Å². The fraction of sp³-hybridized carbons (Fsp3) is 0.588. The van der Waals surface area contributed by atoms with Crippen molar-refractivity contribution in [1.82, 2.24) is 10.2 Å². The second-order valence-corrected chi connectivity index (χ2v) is 6.67. The number of aryl methyl sites for hydroxylation is 1. The molecule has 4 nitrogen and oxygen atoms in total. The molecule has 1 saturated heterocycles. The Bertz CT molecular complexity index is 500.